The number of para-hydroxylation sites is 1. The minimum atomic E-state index is -0.584. The number of rotatable bonds is 8. The topological polar surface area (TPSA) is 156 Å². The fourth-order valence-corrected chi connectivity index (χ4v) is 3.25. The van der Waals surface area contributed by atoms with Crippen LogP contribution in [-0.2, 0) is 0 Å². The third-order valence-corrected chi connectivity index (χ3v) is 4.84. The molecule has 0 atom stereocenters. The lowest BCUT2D eigenvalue weighted by Crippen LogP contribution is -2.21. The van der Waals surface area contributed by atoms with Crippen LogP contribution >= 0.6 is 0 Å². The molecule has 12 heteroatoms. The highest BCUT2D eigenvalue weighted by molar-refractivity contribution is 6.03. The van der Waals surface area contributed by atoms with Crippen LogP contribution in [0.1, 0.15) is 29.9 Å². The summed E-state index contributed by atoms with van der Waals surface area (Å²) in [6.07, 6.45) is 0. The van der Waals surface area contributed by atoms with Gasteiger partial charge < -0.3 is 15.2 Å². The lowest BCUT2D eigenvalue weighted by atomic mass is 10.1. The Morgan fingerprint density at radius 2 is 1.94 bits per heavy atom. The van der Waals surface area contributed by atoms with Gasteiger partial charge in [0.25, 0.3) is 5.91 Å². The van der Waals surface area contributed by atoms with Gasteiger partial charge in [0.2, 0.25) is 11.6 Å². The summed E-state index contributed by atoms with van der Waals surface area (Å²) in [6.45, 7) is 4.17. The number of nitrogens with zero attached hydrogens (tertiary/aromatic N) is 6. The molecular weight excluding hydrogens is 440 g/mol. The fourth-order valence-electron chi connectivity index (χ4n) is 3.25. The monoisotopic (exact) mass is 462 g/mol. The number of methoxy groups -OCH3 is 1. The van der Waals surface area contributed by atoms with Gasteiger partial charge in [0.15, 0.2) is 5.69 Å². The number of ether oxygens (including phenoxy) is 2. The third kappa shape index (κ3) is 4.41. The van der Waals surface area contributed by atoms with Crippen molar-refractivity contribution in [1.82, 2.24) is 30.7 Å². The average Bonchev–Trinajstić information content (AvgIpc) is 3.49. The quantitative estimate of drug-likeness (QED) is 0.297. The molecule has 174 valence electrons. The van der Waals surface area contributed by atoms with Crippen molar-refractivity contribution in [2.75, 3.05) is 19.5 Å². The molecule has 2 aromatic carbocycles. The Bertz CT molecular complexity index is 1330. The molecule has 2 aromatic heterocycles. The summed E-state index contributed by atoms with van der Waals surface area (Å²) in [5.74, 6) is 0.821. The van der Waals surface area contributed by atoms with Gasteiger partial charge in [-0.3, -0.25) is 4.79 Å². The standard InChI is InChI=1S/C22H22N8O4/c1-4-33-15-11-9-14(10-12-15)19-18(25-29-30(19)21-20(23)27-34-28-21)22(31)26-24-13(2)16-7-5-6-8-17(16)32-3/h5-12H,4H2,1-3H3,(H2,23,27)(H,26,31). The second-order valence-corrected chi connectivity index (χ2v) is 6.97. The van der Waals surface area contributed by atoms with Crippen LogP contribution in [0, 0.1) is 0 Å². The Morgan fingerprint density at radius 1 is 1.18 bits per heavy atom. The van der Waals surface area contributed by atoms with Gasteiger partial charge in [0.1, 0.15) is 17.2 Å². The summed E-state index contributed by atoms with van der Waals surface area (Å²) in [5, 5.41) is 19.7. The average molecular weight is 462 g/mol. The number of nitrogen functional groups attached to an aromatic ring is 1. The largest absolute Gasteiger partial charge is 0.496 e. The summed E-state index contributed by atoms with van der Waals surface area (Å²) in [4.78, 5) is 13.1. The van der Waals surface area contributed by atoms with Crippen molar-refractivity contribution in [3.63, 3.8) is 0 Å². The van der Waals surface area contributed by atoms with Crippen LogP contribution in [0.2, 0.25) is 0 Å². The van der Waals surface area contributed by atoms with Crippen LogP contribution in [0.3, 0.4) is 0 Å². The second-order valence-electron chi connectivity index (χ2n) is 6.97. The van der Waals surface area contributed by atoms with Gasteiger partial charge in [-0.25, -0.2) is 10.1 Å². The van der Waals surface area contributed by atoms with Crippen LogP contribution in [0.15, 0.2) is 58.3 Å². The number of nitrogens with one attached hydrogen (secondary N) is 1. The number of nitrogens with two attached hydrogens (primary N) is 1. The Labute approximate surface area is 194 Å². The van der Waals surface area contributed by atoms with Gasteiger partial charge in [-0.15, -0.1) is 5.10 Å². The van der Waals surface area contributed by atoms with Crippen molar-refractivity contribution in [2.24, 2.45) is 5.10 Å². The smallest absolute Gasteiger partial charge is 0.294 e. The van der Waals surface area contributed by atoms with Gasteiger partial charge in [-0.2, -0.15) is 9.78 Å². The van der Waals surface area contributed by atoms with Crippen molar-refractivity contribution in [1.29, 1.82) is 0 Å². The van der Waals surface area contributed by atoms with Crippen LogP contribution in [-0.4, -0.2) is 50.6 Å². The highest BCUT2D eigenvalue weighted by atomic mass is 16.6. The third-order valence-electron chi connectivity index (χ3n) is 4.84. The number of benzene rings is 2. The Morgan fingerprint density at radius 3 is 2.62 bits per heavy atom. The first kappa shape index (κ1) is 22.5. The van der Waals surface area contributed by atoms with E-state index in [0.29, 0.717) is 35.1 Å². The molecule has 0 aliphatic rings. The molecule has 0 radical (unpaired) electrons. The molecule has 4 aromatic rings. The summed E-state index contributed by atoms with van der Waals surface area (Å²) in [7, 11) is 1.57. The number of hydrogen-bond donors (Lipinski definition) is 2. The van der Waals surface area contributed by atoms with Crippen molar-refractivity contribution >= 4 is 17.4 Å². The number of carbonyl (C=O) groups excluding carboxylic acids is 1. The summed E-state index contributed by atoms with van der Waals surface area (Å²) < 4.78 is 16.8. The van der Waals surface area contributed by atoms with E-state index in [9.17, 15) is 4.79 Å². The minimum Gasteiger partial charge on any atom is -0.496 e. The summed E-state index contributed by atoms with van der Waals surface area (Å²) in [5.41, 5.74) is 10.6. The molecular formula is C22H22N8O4. The number of hydrogen-bond acceptors (Lipinski definition) is 10. The van der Waals surface area contributed by atoms with Crippen molar-refractivity contribution in [3.8, 4) is 28.6 Å². The van der Waals surface area contributed by atoms with E-state index < -0.39 is 5.91 Å². The fraction of sp³-hybridized carbons (Fsp3) is 0.182. The molecule has 0 aliphatic carbocycles. The van der Waals surface area contributed by atoms with Gasteiger partial charge in [0.05, 0.1) is 19.4 Å². The van der Waals surface area contributed by atoms with E-state index >= 15 is 0 Å². The second kappa shape index (κ2) is 9.81. The van der Waals surface area contributed by atoms with Crippen molar-refractivity contribution in [3.05, 3.63) is 59.8 Å². The number of carbonyl (C=O) groups is 1. The zero-order valence-corrected chi connectivity index (χ0v) is 18.7. The molecule has 3 N–H and O–H groups in total. The first-order valence-electron chi connectivity index (χ1n) is 10.3. The lowest BCUT2D eigenvalue weighted by molar-refractivity contribution is 0.0950. The number of anilines is 1. The zero-order valence-electron chi connectivity index (χ0n) is 18.7. The molecule has 0 saturated heterocycles. The molecule has 12 nitrogen and oxygen atoms in total. The molecule has 1 amide bonds. The molecule has 0 saturated carbocycles. The van der Waals surface area contributed by atoms with E-state index in [1.54, 1.807) is 38.3 Å². The van der Waals surface area contributed by atoms with Crippen LogP contribution < -0.4 is 20.6 Å². The number of hydrazone groups is 1. The molecule has 34 heavy (non-hydrogen) atoms. The summed E-state index contributed by atoms with van der Waals surface area (Å²) in [6, 6.07) is 14.4. The first-order chi connectivity index (χ1) is 16.5. The van der Waals surface area contributed by atoms with Gasteiger partial charge in [0, 0.05) is 11.1 Å². The Balaban J connectivity index is 1.71. The van der Waals surface area contributed by atoms with Crippen molar-refractivity contribution in [2.45, 2.75) is 13.8 Å². The van der Waals surface area contributed by atoms with E-state index in [0.717, 1.165) is 5.56 Å². The van der Waals surface area contributed by atoms with E-state index in [4.69, 9.17) is 19.8 Å². The number of amides is 1. The first-order valence-corrected chi connectivity index (χ1v) is 10.3. The summed E-state index contributed by atoms with van der Waals surface area (Å²) >= 11 is 0. The van der Waals surface area contributed by atoms with E-state index in [1.807, 2.05) is 31.2 Å². The van der Waals surface area contributed by atoms with Crippen LogP contribution in [0.25, 0.3) is 17.1 Å². The molecule has 4 rings (SSSR count). The Kier molecular flexibility index (Phi) is 6.48. The van der Waals surface area contributed by atoms with E-state index in [2.05, 4.69) is 31.2 Å². The zero-order chi connectivity index (χ0) is 24.1. The van der Waals surface area contributed by atoms with E-state index in [-0.39, 0.29) is 17.3 Å². The predicted octanol–water partition coefficient (Wildman–Crippen LogP) is 2.46. The normalized spacial score (nSPS) is 11.3. The predicted molar refractivity (Wildman–Crippen MR) is 123 cm³/mol. The molecule has 0 aliphatic heterocycles. The molecule has 0 spiro atoms. The van der Waals surface area contributed by atoms with Gasteiger partial charge in [-0.05, 0) is 60.6 Å². The highest BCUT2D eigenvalue weighted by Crippen LogP contribution is 2.28. The Hall–Kier alpha value is -4.74. The van der Waals surface area contributed by atoms with Crippen LogP contribution in [0.5, 0.6) is 11.5 Å². The van der Waals surface area contributed by atoms with Gasteiger partial charge >= 0.3 is 0 Å². The number of aromatic nitrogens is 5. The highest BCUT2D eigenvalue weighted by Gasteiger charge is 2.25. The molecule has 0 bridgehead atoms. The SMILES string of the molecule is CCOc1ccc(-c2c(C(=O)NN=C(C)c3ccccc3OC)nnn2-c2nonc2N)cc1. The maximum atomic E-state index is 13.1. The molecule has 2 heterocycles. The van der Waals surface area contributed by atoms with Crippen LogP contribution in [0.4, 0.5) is 5.82 Å². The minimum absolute atomic E-state index is 0.00290. The lowest BCUT2D eigenvalue weighted by Gasteiger charge is -2.09. The molecule has 0 fully saturated rings. The van der Waals surface area contributed by atoms with Crippen molar-refractivity contribution < 1.29 is 18.9 Å². The maximum Gasteiger partial charge on any atom is 0.294 e. The van der Waals surface area contributed by atoms with E-state index in [1.165, 1.54) is 4.68 Å². The van der Waals surface area contributed by atoms with Gasteiger partial charge in [-0.1, -0.05) is 17.3 Å². The molecule has 0 unspecified atom stereocenters. The maximum absolute atomic E-state index is 13.1.